The van der Waals surface area contributed by atoms with Crippen LogP contribution in [-0.2, 0) is 24.4 Å². The summed E-state index contributed by atoms with van der Waals surface area (Å²) in [4.78, 5) is 0. The Kier molecular flexibility index (Phi) is 31.3. The summed E-state index contributed by atoms with van der Waals surface area (Å²) in [5.74, 6) is 0. The Morgan fingerprint density at radius 2 is 1.62 bits per heavy atom. The van der Waals surface area contributed by atoms with Gasteiger partial charge in [-0.2, -0.15) is 0 Å². The largest absolute Gasteiger partial charge is 0.147 e. The molecule has 0 saturated heterocycles. The number of hydrogen-bond acceptors (Lipinski definition) is 0. The monoisotopic (exact) mass is 319 g/mol. The predicted molar refractivity (Wildman–Crippen MR) is 38.5 cm³/mol. The summed E-state index contributed by atoms with van der Waals surface area (Å²) in [6, 6.07) is 0. The fourth-order valence-electron chi connectivity index (χ4n) is 0.167. The Balaban J connectivity index is -0.000000125. The average Bonchev–Trinajstić information content (AvgIpc) is 1.61. The van der Waals surface area contributed by atoms with Gasteiger partial charge in [-0.15, -0.1) is 24.8 Å². The first kappa shape index (κ1) is 16.0. The summed E-state index contributed by atoms with van der Waals surface area (Å²) in [6.07, 6.45) is 6.12. The van der Waals surface area contributed by atoms with Crippen molar-refractivity contribution in [1.82, 2.24) is 0 Å². The molecule has 0 saturated carbocycles. The van der Waals surface area contributed by atoms with Gasteiger partial charge in [0.1, 0.15) is 0 Å². The van der Waals surface area contributed by atoms with Crippen LogP contribution in [0.3, 0.4) is 0 Å². The molecule has 0 aliphatic carbocycles. The van der Waals surface area contributed by atoms with Crippen LogP contribution >= 0.6 is 24.8 Å². The van der Waals surface area contributed by atoms with Crippen molar-refractivity contribution in [3.8, 4) is 0 Å². The summed E-state index contributed by atoms with van der Waals surface area (Å²) in [6.45, 7) is 2.02. The van der Waals surface area contributed by atoms with E-state index >= 15 is 0 Å². The average molecular weight is 319 g/mol. The molecule has 0 amide bonds. The Morgan fingerprint density at radius 3 is 1.75 bits per heavy atom. The molecule has 0 nitrogen and oxygen atoms in total. The molecule has 0 aliphatic rings. The smallest absolute Gasteiger partial charge is 0.147 e. The van der Waals surface area contributed by atoms with Gasteiger partial charge in [0.05, 0.1) is 0 Å². The van der Waals surface area contributed by atoms with Crippen LogP contribution in [-0.4, -0.2) is 0 Å². The zero-order chi connectivity index (χ0) is 4.83. The Labute approximate surface area is 77.8 Å². The SMILES string of the molecule is CC=CC=[CH][Hf].Cl.Cl. The van der Waals surface area contributed by atoms with Crippen molar-refractivity contribution in [2.45, 2.75) is 6.92 Å². The fraction of sp³-hybridized carbons (Fsp3) is 0.200. The van der Waals surface area contributed by atoms with E-state index in [0.29, 0.717) is 0 Å². The number of rotatable bonds is 1. The maximum Gasteiger partial charge on any atom is -0.147 e. The first-order valence-electron chi connectivity index (χ1n) is 1.87. The van der Waals surface area contributed by atoms with E-state index in [2.05, 4.69) is 9.91 Å². The fourth-order valence-corrected chi connectivity index (χ4v) is 0.566. The molecule has 0 aromatic rings. The summed E-state index contributed by atoms with van der Waals surface area (Å²) in [5, 5.41) is 0. The summed E-state index contributed by atoms with van der Waals surface area (Å²) in [5.41, 5.74) is 0. The molecule has 0 aromatic carbocycles. The number of allylic oxidation sites excluding steroid dienone is 3. The topological polar surface area (TPSA) is 0 Å². The van der Waals surface area contributed by atoms with Crippen LogP contribution in [0, 0.1) is 0 Å². The second-order valence-electron chi connectivity index (χ2n) is 0.885. The Hall–Kier alpha value is 0.930. The third-order valence-electron chi connectivity index (χ3n) is 0.400. The van der Waals surface area contributed by atoms with Gasteiger partial charge in [-0.3, -0.25) is 0 Å². The van der Waals surface area contributed by atoms with Crippen LogP contribution in [0.5, 0.6) is 0 Å². The van der Waals surface area contributed by atoms with Crippen molar-refractivity contribution in [2.75, 3.05) is 0 Å². The molecule has 0 rings (SSSR count). The molecular weight excluding hydrogens is 309 g/mol. The first-order chi connectivity index (χ1) is 2.91. The molecule has 0 radical (unpaired) electrons. The van der Waals surface area contributed by atoms with Gasteiger partial charge in [0.15, 0.2) is 0 Å². The van der Waals surface area contributed by atoms with Crippen LogP contribution in [0.2, 0.25) is 0 Å². The molecule has 8 heavy (non-hydrogen) atoms. The summed E-state index contributed by atoms with van der Waals surface area (Å²) in [7, 11) is 0. The van der Waals surface area contributed by atoms with Crippen molar-refractivity contribution in [3.63, 3.8) is 0 Å². The van der Waals surface area contributed by atoms with E-state index in [1.165, 1.54) is 24.4 Å². The van der Waals surface area contributed by atoms with E-state index in [1.807, 2.05) is 19.1 Å². The Bertz CT molecular complexity index is 58.8. The molecule has 0 bridgehead atoms. The first-order valence-corrected chi connectivity index (χ1v) is 3.94. The number of hydrogen-bond donors (Lipinski definition) is 0. The third kappa shape index (κ3) is 15.8. The molecule has 0 aliphatic heterocycles. The third-order valence-corrected chi connectivity index (χ3v) is 1.09. The van der Waals surface area contributed by atoms with Crippen LogP contribution in [0.25, 0.3) is 0 Å². The van der Waals surface area contributed by atoms with E-state index in [4.69, 9.17) is 0 Å². The molecule has 3 heteroatoms. The van der Waals surface area contributed by atoms with Crippen molar-refractivity contribution in [2.24, 2.45) is 0 Å². The zero-order valence-electron chi connectivity index (χ0n) is 4.63. The molecule has 0 N–H and O–H groups in total. The van der Waals surface area contributed by atoms with E-state index in [9.17, 15) is 0 Å². The van der Waals surface area contributed by atoms with E-state index in [0.717, 1.165) is 0 Å². The van der Waals surface area contributed by atoms with Crippen molar-refractivity contribution in [1.29, 1.82) is 0 Å². The van der Waals surface area contributed by atoms with Crippen LogP contribution in [0.15, 0.2) is 22.1 Å². The maximum atomic E-state index is 2.14. The summed E-state index contributed by atoms with van der Waals surface area (Å²) < 4.78 is 2.14. The van der Waals surface area contributed by atoms with Gasteiger partial charge >= 0.3 is 53.4 Å². The van der Waals surface area contributed by atoms with Crippen molar-refractivity contribution >= 4 is 24.8 Å². The summed E-state index contributed by atoms with van der Waals surface area (Å²) >= 11 is 1.17. The normalized spacial score (nSPS) is 8.50. The second-order valence-corrected chi connectivity index (χ2v) is 2.08. The van der Waals surface area contributed by atoms with E-state index in [-0.39, 0.29) is 24.8 Å². The van der Waals surface area contributed by atoms with Gasteiger partial charge in [-0.05, 0) is 0 Å². The van der Waals surface area contributed by atoms with Crippen LogP contribution < -0.4 is 0 Å². The minimum atomic E-state index is 0. The molecular formula is C5H9Cl2Hf. The minimum absolute atomic E-state index is 0. The van der Waals surface area contributed by atoms with Gasteiger partial charge in [-0.25, -0.2) is 0 Å². The quantitative estimate of drug-likeness (QED) is 0.515. The number of halogens is 2. The molecule has 0 spiro atoms. The molecule has 0 atom stereocenters. The van der Waals surface area contributed by atoms with Gasteiger partial charge in [0.25, 0.3) is 0 Å². The van der Waals surface area contributed by atoms with Crippen LogP contribution in [0.1, 0.15) is 6.92 Å². The van der Waals surface area contributed by atoms with Gasteiger partial charge in [0.2, 0.25) is 0 Å². The van der Waals surface area contributed by atoms with Gasteiger partial charge < -0.3 is 0 Å². The van der Waals surface area contributed by atoms with Gasteiger partial charge in [-0.1, -0.05) is 0 Å². The molecule has 0 heterocycles. The van der Waals surface area contributed by atoms with Crippen LogP contribution in [0.4, 0.5) is 0 Å². The maximum absolute atomic E-state index is 2.14. The molecule has 47 valence electrons. The molecule has 0 aromatic heterocycles. The van der Waals surface area contributed by atoms with Crippen molar-refractivity contribution < 1.29 is 24.4 Å². The molecule has 0 fully saturated rings. The standard InChI is InChI=1S/C5H7.2ClH.Hf/c1-3-5-4-2;;;/h1,3-5H,2H3;2*1H;. The van der Waals surface area contributed by atoms with Crippen molar-refractivity contribution in [3.05, 3.63) is 22.1 Å². The predicted octanol–water partition coefficient (Wildman–Crippen LogP) is 2.47. The minimum Gasteiger partial charge on any atom is -0.147 e. The Morgan fingerprint density at radius 1 is 1.12 bits per heavy atom. The zero-order valence-corrected chi connectivity index (χ0v) is 9.85. The van der Waals surface area contributed by atoms with E-state index < -0.39 is 0 Å². The van der Waals surface area contributed by atoms with Gasteiger partial charge in [0, 0.05) is 0 Å². The molecule has 0 unspecified atom stereocenters. The van der Waals surface area contributed by atoms with E-state index in [1.54, 1.807) is 0 Å². The second kappa shape index (κ2) is 15.7.